The van der Waals surface area contributed by atoms with E-state index in [0.717, 1.165) is 69.6 Å². The van der Waals surface area contributed by atoms with E-state index < -0.39 is 6.10 Å². The van der Waals surface area contributed by atoms with Crippen molar-refractivity contribution in [2.45, 2.75) is 227 Å². The molecule has 0 rings (SSSR count). The molecule has 0 aliphatic carbocycles. The summed E-state index contributed by atoms with van der Waals surface area (Å²) in [6.07, 6.45) is 31.0. The van der Waals surface area contributed by atoms with Crippen LogP contribution < -0.4 is 0 Å². The first-order valence-corrected chi connectivity index (χ1v) is 20.7. The molecule has 0 heterocycles. The second kappa shape index (κ2) is 35.2. The average Bonchev–Trinajstić information content (AvgIpc) is 3.05. The smallest absolute Gasteiger partial charge is 0.306 e. The molecule has 6 nitrogen and oxygen atoms in total. The van der Waals surface area contributed by atoms with E-state index >= 15 is 0 Å². The fourth-order valence-electron chi connectivity index (χ4n) is 6.05. The monoisotopic (exact) mass is 681 g/mol. The van der Waals surface area contributed by atoms with Gasteiger partial charge in [-0.05, 0) is 31.1 Å². The second-order valence-electron chi connectivity index (χ2n) is 15.2. The molecule has 0 saturated heterocycles. The number of esters is 3. The molecule has 0 aromatic heterocycles. The van der Waals surface area contributed by atoms with E-state index in [1.165, 1.54) is 109 Å². The van der Waals surface area contributed by atoms with Gasteiger partial charge >= 0.3 is 17.9 Å². The second-order valence-corrected chi connectivity index (χ2v) is 15.2. The van der Waals surface area contributed by atoms with E-state index in [0.29, 0.717) is 19.3 Å². The lowest BCUT2D eigenvalue weighted by Crippen LogP contribution is -2.30. The van der Waals surface area contributed by atoms with Crippen LogP contribution in [0, 0.1) is 11.8 Å². The molecule has 0 aliphatic heterocycles. The van der Waals surface area contributed by atoms with Crippen molar-refractivity contribution in [3.63, 3.8) is 0 Å². The molecule has 0 saturated carbocycles. The maximum Gasteiger partial charge on any atom is 0.306 e. The number of rotatable bonds is 36. The number of unbranched alkanes of at least 4 members (excludes halogenated alkanes) is 21. The summed E-state index contributed by atoms with van der Waals surface area (Å²) in [6, 6.07) is 0. The Morgan fingerprint density at radius 1 is 0.396 bits per heavy atom. The van der Waals surface area contributed by atoms with Crippen LogP contribution in [-0.4, -0.2) is 37.2 Å². The molecule has 0 bridgehead atoms. The first-order valence-electron chi connectivity index (χ1n) is 20.7. The fourth-order valence-corrected chi connectivity index (χ4v) is 6.05. The molecule has 6 heteroatoms. The minimum atomic E-state index is -0.759. The summed E-state index contributed by atoms with van der Waals surface area (Å²) < 4.78 is 16.6. The SMILES string of the molecule is CCCCCCCCCCCC(=O)OC[C@H](COC(=O)CCCCCCCCC(C)C)OC(=O)CCCCCCCCCCCC(C)C. The van der Waals surface area contributed by atoms with Gasteiger partial charge in [-0.25, -0.2) is 0 Å². The highest BCUT2D eigenvalue weighted by molar-refractivity contribution is 5.71. The Balaban J connectivity index is 4.35. The maximum absolute atomic E-state index is 12.6. The van der Waals surface area contributed by atoms with Gasteiger partial charge < -0.3 is 14.2 Å². The van der Waals surface area contributed by atoms with Gasteiger partial charge in [-0.15, -0.1) is 0 Å². The van der Waals surface area contributed by atoms with Gasteiger partial charge in [-0.2, -0.15) is 0 Å². The summed E-state index contributed by atoms with van der Waals surface area (Å²) in [5.74, 6) is 0.698. The zero-order valence-electron chi connectivity index (χ0n) is 32.6. The third-order valence-electron chi connectivity index (χ3n) is 9.22. The van der Waals surface area contributed by atoms with Gasteiger partial charge in [0.05, 0.1) is 0 Å². The molecule has 0 aromatic rings. The lowest BCUT2D eigenvalue weighted by Gasteiger charge is -2.18. The third-order valence-corrected chi connectivity index (χ3v) is 9.22. The Hall–Kier alpha value is -1.59. The molecular weight excluding hydrogens is 600 g/mol. The average molecular weight is 681 g/mol. The molecule has 0 N–H and O–H groups in total. The molecular formula is C42H80O6. The van der Waals surface area contributed by atoms with Crippen LogP contribution in [0.15, 0.2) is 0 Å². The predicted molar refractivity (Wildman–Crippen MR) is 201 cm³/mol. The van der Waals surface area contributed by atoms with Gasteiger partial charge in [0.2, 0.25) is 0 Å². The van der Waals surface area contributed by atoms with Crippen molar-refractivity contribution in [3.8, 4) is 0 Å². The zero-order valence-corrected chi connectivity index (χ0v) is 32.6. The normalized spacial score (nSPS) is 12.1. The Bertz CT molecular complexity index is 734. The minimum Gasteiger partial charge on any atom is -0.462 e. The standard InChI is InChI=1S/C42H80O6/c1-6-7-8-9-10-12-16-22-27-32-40(43)46-35-39(36-47-41(44)33-28-23-19-18-21-26-31-38(4)5)48-42(45)34-29-24-17-14-11-13-15-20-25-30-37(2)3/h37-39H,6-36H2,1-5H3/t39-/m1/s1. The van der Waals surface area contributed by atoms with E-state index in [-0.39, 0.29) is 31.1 Å². The highest BCUT2D eigenvalue weighted by Gasteiger charge is 2.19. The largest absolute Gasteiger partial charge is 0.462 e. The van der Waals surface area contributed by atoms with Gasteiger partial charge in [-0.3, -0.25) is 14.4 Å². The summed E-state index contributed by atoms with van der Waals surface area (Å²) in [5.41, 5.74) is 0. The topological polar surface area (TPSA) is 78.9 Å². The first kappa shape index (κ1) is 46.4. The summed E-state index contributed by atoms with van der Waals surface area (Å²) in [6.45, 7) is 11.2. The molecule has 0 radical (unpaired) electrons. The molecule has 0 amide bonds. The molecule has 284 valence electrons. The first-order chi connectivity index (χ1) is 23.2. The van der Waals surface area contributed by atoms with Crippen LogP contribution >= 0.6 is 0 Å². The molecule has 0 aliphatic rings. The lowest BCUT2D eigenvalue weighted by atomic mass is 10.0. The van der Waals surface area contributed by atoms with E-state index in [9.17, 15) is 14.4 Å². The quantitative estimate of drug-likeness (QED) is 0.0372. The summed E-state index contributed by atoms with van der Waals surface area (Å²) in [5, 5.41) is 0. The predicted octanol–water partition coefficient (Wildman–Crippen LogP) is 12.6. The van der Waals surface area contributed by atoms with E-state index in [2.05, 4.69) is 34.6 Å². The fraction of sp³-hybridized carbons (Fsp3) is 0.929. The van der Waals surface area contributed by atoms with Crippen molar-refractivity contribution in [2.75, 3.05) is 13.2 Å². The van der Waals surface area contributed by atoms with Crippen LogP contribution in [0.5, 0.6) is 0 Å². The van der Waals surface area contributed by atoms with Crippen molar-refractivity contribution in [1.29, 1.82) is 0 Å². The van der Waals surface area contributed by atoms with Gasteiger partial charge in [0.25, 0.3) is 0 Å². The number of hydrogen-bond donors (Lipinski definition) is 0. The molecule has 0 unspecified atom stereocenters. The molecule has 1 atom stereocenters. The highest BCUT2D eigenvalue weighted by Crippen LogP contribution is 2.16. The van der Waals surface area contributed by atoms with E-state index in [4.69, 9.17) is 14.2 Å². The molecule has 0 spiro atoms. The van der Waals surface area contributed by atoms with Crippen molar-refractivity contribution in [2.24, 2.45) is 11.8 Å². The van der Waals surface area contributed by atoms with Crippen LogP contribution in [0.2, 0.25) is 0 Å². The van der Waals surface area contributed by atoms with Crippen LogP contribution in [0.3, 0.4) is 0 Å². The van der Waals surface area contributed by atoms with Crippen LogP contribution in [-0.2, 0) is 28.6 Å². The van der Waals surface area contributed by atoms with Crippen LogP contribution in [0.4, 0.5) is 0 Å². The Kier molecular flexibility index (Phi) is 34.1. The van der Waals surface area contributed by atoms with Crippen LogP contribution in [0.1, 0.15) is 221 Å². The summed E-state index contributed by atoms with van der Waals surface area (Å²) >= 11 is 0. The van der Waals surface area contributed by atoms with Gasteiger partial charge in [0, 0.05) is 19.3 Å². The number of carbonyl (C=O) groups is 3. The van der Waals surface area contributed by atoms with Crippen LogP contribution in [0.25, 0.3) is 0 Å². The lowest BCUT2D eigenvalue weighted by molar-refractivity contribution is -0.167. The number of hydrogen-bond acceptors (Lipinski definition) is 6. The van der Waals surface area contributed by atoms with Gasteiger partial charge in [0.15, 0.2) is 6.10 Å². The summed E-state index contributed by atoms with van der Waals surface area (Å²) in [4.78, 5) is 37.5. The zero-order chi connectivity index (χ0) is 35.5. The number of carbonyl (C=O) groups excluding carboxylic acids is 3. The molecule has 0 aromatic carbocycles. The Morgan fingerprint density at radius 3 is 1.02 bits per heavy atom. The molecule has 48 heavy (non-hydrogen) atoms. The van der Waals surface area contributed by atoms with E-state index in [1.807, 2.05) is 0 Å². The van der Waals surface area contributed by atoms with Crippen molar-refractivity contribution in [3.05, 3.63) is 0 Å². The van der Waals surface area contributed by atoms with Gasteiger partial charge in [-0.1, -0.05) is 182 Å². The minimum absolute atomic E-state index is 0.0666. The number of ether oxygens (including phenoxy) is 3. The molecule has 0 fully saturated rings. The third kappa shape index (κ3) is 35.7. The van der Waals surface area contributed by atoms with E-state index in [1.54, 1.807) is 0 Å². The Morgan fingerprint density at radius 2 is 0.688 bits per heavy atom. The van der Waals surface area contributed by atoms with Gasteiger partial charge in [0.1, 0.15) is 13.2 Å². The van der Waals surface area contributed by atoms with Crippen molar-refractivity contribution >= 4 is 17.9 Å². The maximum atomic E-state index is 12.6. The van der Waals surface area contributed by atoms with Crippen molar-refractivity contribution < 1.29 is 28.6 Å². The van der Waals surface area contributed by atoms with Crippen molar-refractivity contribution in [1.82, 2.24) is 0 Å². The Labute approximate surface area is 298 Å². The summed E-state index contributed by atoms with van der Waals surface area (Å²) in [7, 11) is 0. The highest BCUT2D eigenvalue weighted by atomic mass is 16.6.